The van der Waals surface area contributed by atoms with Crippen molar-refractivity contribution >= 4 is 62.2 Å². The van der Waals surface area contributed by atoms with Crippen molar-refractivity contribution in [2.75, 3.05) is 13.7 Å². The van der Waals surface area contributed by atoms with Gasteiger partial charge in [0.25, 0.3) is 5.91 Å². The van der Waals surface area contributed by atoms with Gasteiger partial charge in [-0.1, -0.05) is 24.0 Å². The number of amides is 1. The van der Waals surface area contributed by atoms with Gasteiger partial charge in [-0.05, 0) is 39.7 Å². The van der Waals surface area contributed by atoms with Crippen molar-refractivity contribution in [3.8, 4) is 11.5 Å². The van der Waals surface area contributed by atoms with Crippen molar-refractivity contribution in [2.45, 2.75) is 0 Å². The smallest absolute Gasteiger partial charge is 0.266 e. The van der Waals surface area contributed by atoms with Gasteiger partial charge in [0, 0.05) is 0 Å². The van der Waals surface area contributed by atoms with E-state index < -0.39 is 18.4 Å². The molecule has 0 spiro atoms. The molecule has 2 rings (SSSR count). The number of ether oxygens (including phenoxy) is 1. The molecule has 0 bridgehead atoms. The zero-order valence-corrected chi connectivity index (χ0v) is 14.4. The Morgan fingerprint density at radius 2 is 2.27 bits per heavy atom. The van der Waals surface area contributed by atoms with Gasteiger partial charge in [0.15, 0.2) is 11.5 Å². The number of rotatable bonds is 4. The molecule has 1 N–H and O–H groups in total. The van der Waals surface area contributed by atoms with E-state index in [0.717, 1.165) is 16.7 Å². The summed E-state index contributed by atoms with van der Waals surface area (Å²) in [5.41, 5.74) is 0.593. The summed E-state index contributed by atoms with van der Waals surface area (Å²) in [6.45, 7) is -0.579. The van der Waals surface area contributed by atoms with Crippen LogP contribution in [-0.4, -0.2) is 39.9 Å². The standard InChI is InChI=1S/C13H10BrNO5S2/c1-20-8-3-6(2-7(14)11(8)18)4-9-12(19)15(5-10(16)17)13(21)22-9/h2-4,18H,5H2,1H3,(H,16,17)/p-1. The van der Waals surface area contributed by atoms with Crippen LogP contribution in [0.5, 0.6) is 11.5 Å². The van der Waals surface area contributed by atoms with Crippen LogP contribution < -0.4 is 9.84 Å². The average molecular weight is 403 g/mol. The van der Waals surface area contributed by atoms with Crippen molar-refractivity contribution < 1.29 is 24.5 Å². The lowest BCUT2D eigenvalue weighted by molar-refractivity contribution is -0.305. The molecule has 0 radical (unpaired) electrons. The van der Waals surface area contributed by atoms with E-state index in [1.54, 1.807) is 18.2 Å². The summed E-state index contributed by atoms with van der Waals surface area (Å²) in [5, 5.41) is 20.4. The maximum absolute atomic E-state index is 12.1. The predicted octanol–water partition coefficient (Wildman–Crippen LogP) is 1.11. The van der Waals surface area contributed by atoms with Crippen LogP contribution in [0.3, 0.4) is 0 Å². The first-order valence-corrected chi connectivity index (χ1v) is 7.87. The van der Waals surface area contributed by atoms with E-state index in [-0.39, 0.29) is 20.7 Å². The summed E-state index contributed by atoms with van der Waals surface area (Å²) in [5.74, 6) is -1.69. The molecule has 0 unspecified atom stereocenters. The van der Waals surface area contributed by atoms with Crippen LogP contribution in [-0.2, 0) is 9.59 Å². The Bertz CT molecular complexity index is 704. The Balaban J connectivity index is 2.34. The molecule has 0 atom stereocenters. The van der Waals surface area contributed by atoms with Crippen LogP contribution in [0.4, 0.5) is 0 Å². The molecular formula is C13H9BrNO5S2-. The highest BCUT2D eigenvalue weighted by Crippen LogP contribution is 2.38. The lowest BCUT2D eigenvalue weighted by Crippen LogP contribution is -2.40. The normalized spacial score (nSPS) is 16.5. The van der Waals surface area contributed by atoms with Gasteiger partial charge in [0.05, 0.1) is 29.0 Å². The number of nitrogens with zero attached hydrogens (tertiary/aromatic N) is 1. The van der Waals surface area contributed by atoms with E-state index >= 15 is 0 Å². The Morgan fingerprint density at radius 3 is 2.86 bits per heavy atom. The second-order valence-corrected chi connectivity index (χ2v) is 6.72. The first-order valence-electron chi connectivity index (χ1n) is 5.85. The van der Waals surface area contributed by atoms with Gasteiger partial charge in [-0.15, -0.1) is 0 Å². The minimum absolute atomic E-state index is 0.0517. The van der Waals surface area contributed by atoms with Gasteiger partial charge in [0.1, 0.15) is 4.32 Å². The topological polar surface area (TPSA) is 89.9 Å². The molecule has 9 heteroatoms. The van der Waals surface area contributed by atoms with Gasteiger partial charge in [0.2, 0.25) is 0 Å². The molecule has 0 aromatic heterocycles. The molecule has 1 aromatic carbocycles. The molecule has 1 saturated heterocycles. The van der Waals surface area contributed by atoms with Crippen LogP contribution in [0, 0.1) is 0 Å². The summed E-state index contributed by atoms with van der Waals surface area (Å²) in [6, 6.07) is 3.15. The second kappa shape index (κ2) is 6.67. The monoisotopic (exact) mass is 402 g/mol. The lowest BCUT2D eigenvalue weighted by Gasteiger charge is -2.14. The van der Waals surface area contributed by atoms with E-state index in [4.69, 9.17) is 17.0 Å². The van der Waals surface area contributed by atoms with E-state index in [0.29, 0.717) is 10.0 Å². The molecule has 1 aliphatic rings. The number of thiocarbonyl (C=S) groups is 1. The molecule has 22 heavy (non-hydrogen) atoms. The Hall–Kier alpha value is -1.58. The SMILES string of the molecule is COc1cc(C=C2SC(=S)N(CC(=O)[O-])C2=O)cc(Br)c1O. The quantitative estimate of drug-likeness (QED) is 0.595. The minimum Gasteiger partial charge on any atom is -0.548 e. The van der Waals surface area contributed by atoms with Crippen molar-refractivity contribution in [3.05, 3.63) is 27.1 Å². The number of carboxylic acid groups (broad SMARTS) is 1. The number of phenols is 1. The molecule has 1 heterocycles. The lowest BCUT2D eigenvalue weighted by atomic mass is 10.2. The van der Waals surface area contributed by atoms with Gasteiger partial charge >= 0.3 is 0 Å². The molecule has 6 nitrogen and oxygen atoms in total. The van der Waals surface area contributed by atoms with Gasteiger partial charge in [-0.3, -0.25) is 9.69 Å². The number of benzene rings is 1. The number of carboxylic acids is 1. The zero-order chi connectivity index (χ0) is 16.4. The number of halogens is 1. The van der Waals surface area contributed by atoms with E-state index in [1.165, 1.54) is 7.11 Å². The number of hydrogen-bond acceptors (Lipinski definition) is 7. The highest BCUT2D eigenvalue weighted by Gasteiger charge is 2.31. The fourth-order valence-electron chi connectivity index (χ4n) is 1.75. The second-order valence-electron chi connectivity index (χ2n) is 4.19. The largest absolute Gasteiger partial charge is 0.548 e. The van der Waals surface area contributed by atoms with Gasteiger partial charge in [-0.2, -0.15) is 0 Å². The molecule has 116 valence electrons. The molecule has 1 fully saturated rings. The van der Waals surface area contributed by atoms with Gasteiger partial charge < -0.3 is 19.7 Å². The molecule has 0 saturated carbocycles. The fraction of sp³-hybridized carbons (Fsp3) is 0.154. The predicted molar refractivity (Wildman–Crippen MR) is 87.2 cm³/mol. The highest BCUT2D eigenvalue weighted by molar-refractivity contribution is 9.10. The first kappa shape index (κ1) is 16.8. The Morgan fingerprint density at radius 1 is 1.59 bits per heavy atom. The number of carbonyl (C=O) groups excluding carboxylic acids is 2. The summed E-state index contributed by atoms with van der Waals surface area (Å²) in [4.78, 5) is 24.0. The van der Waals surface area contributed by atoms with E-state index in [1.807, 2.05) is 0 Å². The zero-order valence-electron chi connectivity index (χ0n) is 11.2. The highest BCUT2D eigenvalue weighted by atomic mass is 79.9. The summed E-state index contributed by atoms with van der Waals surface area (Å²) in [6.07, 6.45) is 1.54. The number of methoxy groups -OCH3 is 1. The molecule has 1 aliphatic heterocycles. The molecular weight excluding hydrogens is 394 g/mol. The maximum Gasteiger partial charge on any atom is 0.266 e. The van der Waals surface area contributed by atoms with Crippen LogP contribution in [0.1, 0.15) is 5.56 Å². The summed E-state index contributed by atoms with van der Waals surface area (Å²) < 4.78 is 5.59. The number of hydrogen-bond donors (Lipinski definition) is 1. The average Bonchev–Trinajstić information content (AvgIpc) is 2.70. The number of carbonyl (C=O) groups is 2. The van der Waals surface area contributed by atoms with Crippen LogP contribution in [0.25, 0.3) is 6.08 Å². The third kappa shape index (κ3) is 3.42. The fourth-order valence-corrected chi connectivity index (χ4v) is 3.46. The minimum atomic E-state index is -1.38. The number of thioether (sulfide) groups is 1. The van der Waals surface area contributed by atoms with Crippen LogP contribution >= 0.6 is 39.9 Å². The van der Waals surface area contributed by atoms with Crippen molar-refractivity contribution in [3.63, 3.8) is 0 Å². The summed E-state index contributed by atoms with van der Waals surface area (Å²) in [7, 11) is 1.41. The van der Waals surface area contributed by atoms with Crippen molar-refractivity contribution in [2.24, 2.45) is 0 Å². The first-order chi connectivity index (χ1) is 10.3. The van der Waals surface area contributed by atoms with E-state index in [2.05, 4.69) is 15.9 Å². The third-order valence-corrected chi connectivity index (χ3v) is 4.71. The molecule has 0 aliphatic carbocycles. The Labute approximate surface area is 143 Å². The molecule has 1 amide bonds. The van der Waals surface area contributed by atoms with Gasteiger partial charge in [-0.25, -0.2) is 0 Å². The maximum atomic E-state index is 12.1. The van der Waals surface area contributed by atoms with Crippen LogP contribution in [0.15, 0.2) is 21.5 Å². The number of aromatic hydroxyl groups is 1. The molecule has 1 aromatic rings. The Kier molecular flexibility index (Phi) is 5.09. The van der Waals surface area contributed by atoms with Crippen molar-refractivity contribution in [1.29, 1.82) is 0 Å². The van der Waals surface area contributed by atoms with Crippen LogP contribution in [0.2, 0.25) is 0 Å². The number of phenolic OH excluding ortho intramolecular Hbond substituents is 1. The van der Waals surface area contributed by atoms with Crippen molar-refractivity contribution in [1.82, 2.24) is 4.90 Å². The summed E-state index contributed by atoms with van der Waals surface area (Å²) >= 11 is 9.17. The number of aliphatic carboxylic acids is 1. The third-order valence-electron chi connectivity index (χ3n) is 2.73. The van der Waals surface area contributed by atoms with E-state index in [9.17, 15) is 19.8 Å².